The topological polar surface area (TPSA) is 78.9 Å². The molecule has 0 aliphatic rings. The molecule has 0 heterocycles. The standard InChI is InChI=1S/C20H24N2O4/c1-14(19(23)24)13-22(2)20(25)21-12-15-7-9-16(10-8-15)17-5-4-6-18(11-17)26-3/h4-11,14H,12-13H2,1-3H3,(H,21,25)(H,23,24). The molecular formula is C20H24N2O4. The highest BCUT2D eigenvalue weighted by atomic mass is 16.5. The van der Waals surface area contributed by atoms with Gasteiger partial charge in [-0.1, -0.05) is 43.3 Å². The highest BCUT2D eigenvalue weighted by molar-refractivity contribution is 5.75. The van der Waals surface area contributed by atoms with Crippen molar-refractivity contribution in [2.75, 3.05) is 20.7 Å². The van der Waals surface area contributed by atoms with E-state index in [-0.39, 0.29) is 12.6 Å². The minimum Gasteiger partial charge on any atom is -0.497 e. The molecule has 26 heavy (non-hydrogen) atoms. The van der Waals surface area contributed by atoms with Crippen molar-refractivity contribution in [3.63, 3.8) is 0 Å². The Bertz CT molecular complexity index is 759. The van der Waals surface area contributed by atoms with Crippen LogP contribution in [0.1, 0.15) is 12.5 Å². The Hall–Kier alpha value is -3.02. The van der Waals surface area contributed by atoms with Crippen LogP contribution in [0.4, 0.5) is 4.79 Å². The number of hydrogen-bond acceptors (Lipinski definition) is 3. The molecule has 6 nitrogen and oxygen atoms in total. The van der Waals surface area contributed by atoms with Crippen LogP contribution in [0, 0.1) is 5.92 Å². The molecule has 2 aromatic rings. The van der Waals surface area contributed by atoms with E-state index in [2.05, 4.69) is 5.32 Å². The van der Waals surface area contributed by atoms with Gasteiger partial charge < -0.3 is 20.1 Å². The predicted molar refractivity (Wildman–Crippen MR) is 100 cm³/mol. The van der Waals surface area contributed by atoms with Gasteiger partial charge in [0.25, 0.3) is 0 Å². The molecule has 138 valence electrons. The third kappa shape index (κ3) is 5.24. The van der Waals surface area contributed by atoms with Crippen molar-refractivity contribution in [2.24, 2.45) is 5.92 Å². The van der Waals surface area contributed by atoms with Gasteiger partial charge in [-0.15, -0.1) is 0 Å². The molecule has 2 rings (SSSR count). The molecule has 0 aliphatic carbocycles. The maximum Gasteiger partial charge on any atom is 0.317 e. The molecule has 2 N–H and O–H groups in total. The summed E-state index contributed by atoms with van der Waals surface area (Å²) < 4.78 is 5.24. The van der Waals surface area contributed by atoms with E-state index in [9.17, 15) is 9.59 Å². The monoisotopic (exact) mass is 356 g/mol. The van der Waals surface area contributed by atoms with Crippen LogP contribution in [0.15, 0.2) is 48.5 Å². The first-order chi connectivity index (χ1) is 12.4. The molecule has 0 aliphatic heterocycles. The number of nitrogens with zero attached hydrogens (tertiary/aromatic N) is 1. The van der Waals surface area contributed by atoms with E-state index in [0.717, 1.165) is 22.4 Å². The van der Waals surface area contributed by atoms with E-state index >= 15 is 0 Å². The number of benzene rings is 2. The van der Waals surface area contributed by atoms with Gasteiger partial charge >= 0.3 is 12.0 Å². The van der Waals surface area contributed by atoms with Crippen molar-refractivity contribution in [1.82, 2.24) is 10.2 Å². The van der Waals surface area contributed by atoms with Gasteiger partial charge in [0.1, 0.15) is 5.75 Å². The fourth-order valence-electron chi connectivity index (χ4n) is 2.50. The summed E-state index contributed by atoms with van der Waals surface area (Å²) in [6, 6.07) is 15.4. The van der Waals surface area contributed by atoms with E-state index in [0.29, 0.717) is 6.54 Å². The summed E-state index contributed by atoms with van der Waals surface area (Å²) in [6.07, 6.45) is 0. The maximum atomic E-state index is 12.0. The Labute approximate surface area is 153 Å². The smallest absolute Gasteiger partial charge is 0.317 e. The molecule has 0 aromatic heterocycles. The van der Waals surface area contributed by atoms with Crippen molar-refractivity contribution >= 4 is 12.0 Å². The van der Waals surface area contributed by atoms with Gasteiger partial charge in [0.2, 0.25) is 0 Å². The lowest BCUT2D eigenvalue weighted by Crippen LogP contribution is -2.40. The summed E-state index contributed by atoms with van der Waals surface area (Å²) in [6.45, 7) is 2.11. The van der Waals surface area contributed by atoms with Gasteiger partial charge in [-0.3, -0.25) is 4.79 Å². The molecule has 1 atom stereocenters. The lowest BCUT2D eigenvalue weighted by atomic mass is 10.0. The molecule has 0 fully saturated rings. The van der Waals surface area contributed by atoms with Crippen LogP contribution >= 0.6 is 0 Å². The second-order valence-corrected chi connectivity index (χ2v) is 6.21. The van der Waals surface area contributed by atoms with Crippen LogP contribution in [-0.2, 0) is 11.3 Å². The van der Waals surface area contributed by atoms with Crippen molar-refractivity contribution in [2.45, 2.75) is 13.5 Å². The normalized spacial score (nSPS) is 11.5. The number of urea groups is 1. The summed E-state index contributed by atoms with van der Waals surface area (Å²) in [7, 11) is 3.22. The van der Waals surface area contributed by atoms with Crippen molar-refractivity contribution in [3.05, 3.63) is 54.1 Å². The Kier molecular flexibility index (Phi) is 6.60. The fraction of sp³-hybridized carbons (Fsp3) is 0.300. The fourth-order valence-corrected chi connectivity index (χ4v) is 2.50. The molecule has 6 heteroatoms. The average molecular weight is 356 g/mol. The largest absolute Gasteiger partial charge is 0.497 e. The summed E-state index contributed by atoms with van der Waals surface area (Å²) in [5, 5.41) is 11.7. The molecule has 0 bridgehead atoms. The Morgan fingerprint density at radius 1 is 1.15 bits per heavy atom. The van der Waals surface area contributed by atoms with Crippen molar-refractivity contribution < 1.29 is 19.4 Å². The van der Waals surface area contributed by atoms with Crippen LogP contribution in [0.3, 0.4) is 0 Å². The van der Waals surface area contributed by atoms with Gasteiger partial charge in [0.05, 0.1) is 13.0 Å². The highest BCUT2D eigenvalue weighted by Crippen LogP contribution is 2.24. The summed E-state index contributed by atoms with van der Waals surface area (Å²) in [5.41, 5.74) is 3.08. The number of nitrogens with one attached hydrogen (secondary N) is 1. The van der Waals surface area contributed by atoms with Crippen molar-refractivity contribution in [1.29, 1.82) is 0 Å². The first kappa shape index (κ1) is 19.3. The van der Waals surface area contributed by atoms with E-state index in [4.69, 9.17) is 9.84 Å². The molecule has 0 saturated heterocycles. The van der Waals surface area contributed by atoms with Crippen LogP contribution in [0.25, 0.3) is 11.1 Å². The zero-order chi connectivity index (χ0) is 19.1. The number of rotatable bonds is 7. The lowest BCUT2D eigenvalue weighted by molar-refractivity contribution is -0.141. The third-order valence-corrected chi connectivity index (χ3v) is 4.12. The minimum atomic E-state index is -0.919. The van der Waals surface area contributed by atoms with E-state index < -0.39 is 11.9 Å². The second-order valence-electron chi connectivity index (χ2n) is 6.21. The summed E-state index contributed by atoms with van der Waals surface area (Å²) in [5.74, 6) is -0.719. The van der Waals surface area contributed by atoms with Crippen LogP contribution < -0.4 is 10.1 Å². The average Bonchev–Trinajstić information content (AvgIpc) is 2.66. The number of hydrogen-bond donors (Lipinski definition) is 2. The number of carbonyl (C=O) groups excluding carboxylic acids is 1. The molecule has 2 aromatic carbocycles. The predicted octanol–water partition coefficient (Wildman–Crippen LogP) is 3.22. The summed E-state index contributed by atoms with van der Waals surface area (Å²) in [4.78, 5) is 24.3. The first-order valence-corrected chi connectivity index (χ1v) is 8.36. The van der Waals surface area contributed by atoms with E-state index in [1.165, 1.54) is 4.90 Å². The number of amides is 2. The van der Waals surface area contributed by atoms with Gasteiger partial charge in [-0.25, -0.2) is 4.79 Å². The Morgan fingerprint density at radius 3 is 2.46 bits per heavy atom. The van der Waals surface area contributed by atoms with E-state index in [1.807, 2.05) is 48.5 Å². The molecule has 0 saturated carbocycles. The minimum absolute atomic E-state index is 0.163. The number of methoxy groups -OCH3 is 1. The van der Waals surface area contributed by atoms with Crippen LogP contribution in [0.2, 0.25) is 0 Å². The zero-order valence-electron chi connectivity index (χ0n) is 15.2. The highest BCUT2D eigenvalue weighted by Gasteiger charge is 2.17. The first-order valence-electron chi connectivity index (χ1n) is 8.36. The van der Waals surface area contributed by atoms with Crippen LogP contribution in [0.5, 0.6) is 5.75 Å². The number of carbonyl (C=O) groups is 2. The molecule has 1 unspecified atom stereocenters. The van der Waals surface area contributed by atoms with Gasteiger partial charge in [0.15, 0.2) is 0 Å². The molecule has 0 radical (unpaired) electrons. The van der Waals surface area contributed by atoms with Gasteiger partial charge in [-0.05, 0) is 28.8 Å². The Balaban J connectivity index is 1.92. The van der Waals surface area contributed by atoms with Crippen molar-refractivity contribution in [3.8, 4) is 16.9 Å². The molecule has 2 amide bonds. The third-order valence-electron chi connectivity index (χ3n) is 4.12. The zero-order valence-corrected chi connectivity index (χ0v) is 15.2. The van der Waals surface area contributed by atoms with E-state index in [1.54, 1.807) is 21.1 Å². The SMILES string of the molecule is COc1cccc(-c2ccc(CNC(=O)N(C)CC(C)C(=O)O)cc2)c1. The van der Waals surface area contributed by atoms with Gasteiger partial charge in [-0.2, -0.15) is 0 Å². The second kappa shape index (κ2) is 8.89. The maximum absolute atomic E-state index is 12.0. The van der Waals surface area contributed by atoms with Gasteiger partial charge in [0, 0.05) is 20.1 Å². The lowest BCUT2D eigenvalue weighted by Gasteiger charge is -2.20. The quantitative estimate of drug-likeness (QED) is 0.798. The van der Waals surface area contributed by atoms with Crippen LogP contribution in [-0.4, -0.2) is 42.7 Å². The number of carboxylic acids is 1. The Morgan fingerprint density at radius 2 is 1.85 bits per heavy atom. The molecular weight excluding hydrogens is 332 g/mol. The number of ether oxygens (including phenoxy) is 1. The summed E-state index contributed by atoms with van der Waals surface area (Å²) >= 11 is 0. The number of carboxylic acid groups (broad SMARTS) is 1. The molecule has 0 spiro atoms. The number of aliphatic carboxylic acids is 1.